The molecular formula is C9H15NO2. The minimum Gasteiger partial charge on any atom is -0.371 e. The van der Waals surface area contributed by atoms with Gasteiger partial charge in [-0.2, -0.15) is 0 Å². The van der Waals surface area contributed by atoms with Crippen LogP contribution in [0.15, 0.2) is 11.6 Å². The Morgan fingerprint density at radius 2 is 2.50 bits per heavy atom. The van der Waals surface area contributed by atoms with Crippen LogP contribution >= 0.6 is 0 Å². The molecule has 0 bridgehead atoms. The summed E-state index contributed by atoms with van der Waals surface area (Å²) in [4.78, 5) is 15.0. The van der Waals surface area contributed by atoms with Gasteiger partial charge >= 0.3 is 5.97 Å². The van der Waals surface area contributed by atoms with Crippen LogP contribution in [0, 0.1) is 0 Å². The van der Waals surface area contributed by atoms with Gasteiger partial charge in [-0.1, -0.05) is 11.6 Å². The average Bonchev–Trinajstić information content (AvgIpc) is 2.05. The molecule has 1 aliphatic carbocycles. The van der Waals surface area contributed by atoms with Crippen LogP contribution in [0.2, 0.25) is 0 Å². The van der Waals surface area contributed by atoms with E-state index >= 15 is 0 Å². The van der Waals surface area contributed by atoms with Crippen molar-refractivity contribution >= 4 is 5.97 Å². The Morgan fingerprint density at radius 1 is 1.67 bits per heavy atom. The van der Waals surface area contributed by atoms with Gasteiger partial charge in [0.05, 0.1) is 6.54 Å². The lowest BCUT2D eigenvalue weighted by Crippen LogP contribution is -2.21. The van der Waals surface area contributed by atoms with Gasteiger partial charge in [0.25, 0.3) is 0 Å². The van der Waals surface area contributed by atoms with Crippen molar-refractivity contribution in [3.05, 3.63) is 11.6 Å². The standard InChI is InChI=1S/C9H15NO2/c1-8(11)12-10-7-9-5-3-2-4-6-9/h5,10H,2-4,6-7H2,1H3. The lowest BCUT2D eigenvalue weighted by molar-refractivity contribution is -0.147. The first kappa shape index (κ1) is 9.26. The van der Waals surface area contributed by atoms with Crippen LogP contribution in [-0.2, 0) is 9.63 Å². The molecule has 0 aromatic heterocycles. The van der Waals surface area contributed by atoms with E-state index in [9.17, 15) is 4.79 Å². The molecule has 0 aliphatic heterocycles. The van der Waals surface area contributed by atoms with Crippen LogP contribution in [0.3, 0.4) is 0 Å². The molecule has 0 aromatic carbocycles. The van der Waals surface area contributed by atoms with E-state index in [0.29, 0.717) is 6.54 Å². The molecule has 0 unspecified atom stereocenters. The van der Waals surface area contributed by atoms with Gasteiger partial charge in [-0.05, 0) is 25.7 Å². The quantitative estimate of drug-likeness (QED) is 0.514. The van der Waals surface area contributed by atoms with Gasteiger partial charge in [-0.15, -0.1) is 5.48 Å². The molecule has 1 N–H and O–H groups in total. The third kappa shape index (κ3) is 3.53. The molecule has 0 heterocycles. The van der Waals surface area contributed by atoms with Crippen molar-refractivity contribution in [2.24, 2.45) is 0 Å². The fraction of sp³-hybridized carbons (Fsp3) is 0.667. The Balaban J connectivity index is 2.13. The van der Waals surface area contributed by atoms with Gasteiger partial charge in [-0.25, -0.2) is 0 Å². The molecule has 3 nitrogen and oxygen atoms in total. The van der Waals surface area contributed by atoms with Gasteiger partial charge in [0.1, 0.15) is 0 Å². The maximum atomic E-state index is 10.4. The van der Waals surface area contributed by atoms with Crippen molar-refractivity contribution in [1.82, 2.24) is 5.48 Å². The van der Waals surface area contributed by atoms with E-state index in [1.54, 1.807) is 0 Å². The fourth-order valence-electron chi connectivity index (χ4n) is 1.30. The largest absolute Gasteiger partial charge is 0.371 e. The molecule has 0 spiro atoms. The number of hydrogen-bond donors (Lipinski definition) is 1. The van der Waals surface area contributed by atoms with Gasteiger partial charge in [0.15, 0.2) is 0 Å². The maximum Gasteiger partial charge on any atom is 0.321 e. The van der Waals surface area contributed by atoms with Crippen LogP contribution in [0.4, 0.5) is 0 Å². The molecule has 12 heavy (non-hydrogen) atoms. The van der Waals surface area contributed by atoms with Crippen LogP contribution in [-0.4, -0.2) is 12.5 Å². The Labute approximate surface area is 72.7 Å². The zero-order valence-electron chi connectivity index (χ0n) is 7.43. The van der Waals surface area contributed by atoms with Crippen molar-refractivity contribution in [3.8, 4) is 0 Å². The summed E-state index contributed by atoms with van der Waals surface area (Å²) in [5, 5.41) is 0. The molecule has 0 fully saturated rings. The summed E-state index contributed by atoms with van der Waals surface area (Å²) >= 11 is 0. The predicted molar refractivity (Wildman–Crippen MR) is 46.3 cm³/mol. The highest BCUT2D eigenvalue weighted by atomic mass is 16.7. The lowest BCUT2D eigenvalue weighted by Gasteiger charge is -2.12. The number of hydrogen-bond acceptors (Lipinski definition) is 3. The fourth-order valence-corrected chi connectivity index (χ4v) is 1.30. The molecule has 0 aromatic rings. The summed E-state index contributed by atoms with van der Waals surface area (Å²) < 4.78 is 0. The number of allylic oxidation sites excluding steroid dienone is 1. The van der Waals surface area contributed by atoms with Gasteiger partial charge in [-0.3, -0.25) is 4.79 Å². The van der Waals surface area contributed by atoms with Crippen LogP contribution in [0.1, 0.15) is 32.6 Å². The number of carbonyl (C=O) groups excluding carboxylic acids is 1. The van der Waals surface area contributed by atoms with Crippen molar-refractivity contribution in [2.75, 3.05) is 6.54 Å². The van der Waals surface area contributed by atoms with Crippen molar-refractivity contribution in [2.45, 2.75) is 32.6 Å². The van der Waals surface area contributed by atoms with Crippen LogP contribution in [0.5, 0.6) is 0 Å². The van der Waals surface area contributed by atoms with E-state index in [0.717, 1.165) is 12.8 Å². The predicted octanol–water partition coefficient (Wildman–Crippen LogP) is 1.55. The van der Waals surface area contributed by atoms with Crippen LogP contribution in [0.25, 0.3) is 0 Å². The Bertz CT molecular complexity index is 187. The van der Waals surface area contributed by atoms with Crippen molar-refractivity contribution < 1.29 is 9.63 Å². The van der Waals surface area contributed by atoms with E-state index < -0.39 is 0 Å². The molecule has 0 saturated heterocycles. The van der Waals surface area contributed by atoms with E-state index in [1.807, 2.05) is 0 Å². The first-order chi connectivity index (χ1) is 5.79. The Kier molecular flexibility index (Phi) is 3.80. The summed E-state index contributed by atoms with van der Waals surface area (Å²) in [6, 6.07) is 0. The van der Waals surface area contributed by atoms with Gasteiger partial charge in [0.2, 0.25) is 0 Å². The molecule has 68 valence electrons. The molecule has 0 radical (unpaired) electrons. The first-order valence-corrected chi connectivity index (χ1v) is 4.37. The number of hydroxylamine groups is 1. The van der Waals surface area contributed by atoms with E-state index in [1.165, 1.54) is 25.3 Å². The third-order valence-corrected chi connectivity index (χ3v) is 1.90. The second kappa shape index (κ2) is 4.93. The van der Waals surface area contributed by atoms with Gasteiger partial charge < -0.3 is 4.84 Å². The number of rotatable bonds is 3. The zero-order chi connectivity index (χ0) is 8.81. The summed E-state index contributed by atoms with van der Waals surface area (Å²) in [7, 11) is 0. The smallest absolute Gasteiger partial charge is 0.321 e. The minimum atomic E-state index is -0.286. The summed E-state index contributed by atoms with van der Waals surface area (Å²) in [6.07, 6.45) is 7.07. The molecule has 0 saturated carbocycles. The van der Waals surface area contributed by atoms with Crippen LogP contribution < -0.4 is 5.48 Å². The highest BCUT2D eigenvalue weighted by Crippen LogP contribution is 2.15. The average molecular weight is 169 g/mol. The van der Waals surface area contributed by atoms with E-state index in [-0.39, 0.29) is 5.97 Å². The minimum absolute atomic E-state index is 0.286. The van der Waals surface area contributed by atoms with Crippen molar-refractivity contribution in [1.29, 1.82) is 0 Å². The summed E-state index contributed by atoms with van der Waals surface area (Å²) in [6.45, 7) is 2.07. The first-order valence-electron chi connectivity index (χ1n) is 4.37. The molecule has 3 heteroatoms. The topological polar surface area (TPSA) is 38.3 Å². The zero-order valence-corrected chi connectivity index (χ0v) is 7.43. The monoisotopic (exact) mass is 169 g/mol. The molecule has 1 aliphatic rings. The SMILES string of the molecule is CC(=O)ONCC1=CCCCC1. The molecule has 0 amide bonds. The maximum absolute atomic E-state index is 10.4. The molecule has 1 rings (SSSR count). The highest BCUT2D eigenvalue weighted by Gasteiger charge is 2.03. The summed E-state index contributed by atoms with van der Waals surface area (Å²) in [5.41, 5.74) is 3.99. The molecular weight excluding hydrogens is 154 g/mol. The highest BCUT2D eigenvalue weighted by molar-refractivity contribution is 5.65. The van der Waals surface area contributed by atoms with E-state index in [2.05, 4.69) is 16.4 Å². The third-order valence-electron chi connectivity index (χ3n) is 1.90. The second-order valence-electron chi connectivity index (χ2n) is 3.02. The Hall–Kier alpha value is -0.830. The number of nitrogens with one attached hydrogen (secondary N) is 1. The number of carbonyl (C=O) groups is 1. The Morgan fingerprint density at radius 3 is 3.08 bits per heavy atom. The van der Waals surface area contributed by atoms with E-state index in [4.69, 9.17) is 0 Å². The lowest BCUT2D eigenvalue weighted by atomic mass is 10.00. The molecule has 0 atom stereocenters. The van der Waals surface area contributed by atoms with Gasteiger partial charge in [0, 0.05) is 6.92 Å². The normalized spacial score (nSPS) is 16.9. The second-order valence-corrected chi connectivity index (χ2v) is 3.02. The summed E-state index contributed by atoms with van der Waals surface area (Å²) in [5.74, 6) is -0.286. The van der Waals surface area contributed by atoms with Crippen molar-refractivity contribution in [3.63, 3.8) is 0 Å².